The quantitative estimate of drug-likeness (QED) is 0.902. The second-order valence-electron chi connectivity index (χ2n) is 3.83. The van der Waals surface area contributed by atoms with Gasteiger partial charge < -0.3 is 10.4 Å². The monoisotopic (exact) mass is 296 g/mol. The predicted octanol–water partition coefficient (Wildman–Crippen LogP) is 3.76. The molecule has 19 heavy (non-hydrogen) atoms. The second-order valence-corrected chi connectivity index (χ2v) is 4.64. The molecule has 2 N–H and O–H groups in total. The van der Waals surface area contributed by atoms with Crippen molar-refractivity contribution in [2.45, 2.75) is 6.42 Å². The molecule has 0 unspecified atom stereocenters. The molecule has 1 aromatic heterocycles. The average molecular weight is 297 g/mol. The summed E-state index contributed by atoms with van der Waals surface area (Å²) in [6, 6.07) is 8.54. The fourth-order valence-electron chi connectivity index (χ4n) is 1.57. The molecule has 0 saturated carbocycles. The van der Waals surface area contributed by atoms with Gasteiger partial charge in [-0.3, -0.25) is 9.78 Å². The predicted molar refractivity (Wildman–Crippen MR) is 75.3 cm³/mol. The Hall–Kier alpha value is -1.78. The fourth-order valence-corrected chi connectivity index (χ4v) is 2.06. The van der Waals surface area contributed by atoms with E-state index in [2.05, 4.69) is 10.3 Å². The van der Waals surface area contributed by atoms with Gasteiger partial charge in [0, 0.05) is 11.9 Å². The van der Waals surface area contributed by atoms with Gasteiger partial charge in [-0.1, -0.05) is 29.3 Å². The Labute approximate surface area is 120 Å². The van der Waals surface area contributed by atoms with Crippen molar-refractivity contribution < 1.29 is 9.90 Å². The number of nitrogens with one attached hydrogen (secondary N) is 1. The molecule has 2 aromatic rings. The maximum Gasteiger partial charge on any atom is 0.309 e. The molecule has 6 heteroatoms. The molecule has 2 rings (SSSR count). The number of hydrogen-bond donors (Lipinski definition) is 2. The lowest BCUT2D eigenvalue weighted by molar-refractivity contribution is -0.136. The molecule has 0 aliphatic rings. The number of benzene rings is 1. The van der Waals surface area contributed by atoms with Crippen LogP contribution in [0.1, 0.15) is 5.69 Å². The number of pyridine rings is 1. The molecule has 0 spiro atoms. The van der Waals surface area contributed by atoms with Crippen LogP contribution in [0.15, 0.2) is 36.5 Å². The maximum atomic E-state index is 10.6. The molecule has 0 atom stereocenters. The first-order chi connectivity index (χ1) is 9.06. The molecule has 0 bridgehead atoms. The molecule has 1 heterocycles. The Morgan fingerprint density at radius 3 is 2.58 bits per heavy atom. The first-order valence-electron chi connectivity index (χ1n) is 5.44. The van der Waals surface area contributed by atoms with E-state index in [9.17, 15) is 4.79 Å². The van der Waals surface area contributed by atoms with E-state index in [1.165, 1.54) is 6.20 Å². The molecular weight excluding hydrogens is 287 g/mol. The fraction of sp³-hybridized carbons (Fsp3) is 0.0769. The summed E-state index contributed by atoms with van der Waals surface area (Å²) in [4.78, 5) is 14.6. The molecule has 98 valence electrons. The molecule has 0 fully saturated rings. The summed E-state index contributed by atoms with van der Waals surface area (Å²) in [6.45, 7) is 0. The van der Waals surface area contributed by atoms with E-state index < -0.39 is 5.97 Å². The molecule has 0 amide bonds. The Balaban J connectivity index is 2.26. The van der Waals surface area contributed by atoms with Crippen LogP contribution < -0.4 is 5.32 Å². The summed E-state index contributed by atoms with van der Waals surface area (Å²) >= 11 is 12.1. The summed E-state index contributed by atoms with van der Waals surface area (Å²) in [5, 5.41) is 12.8. The van der Waals surface area contributed by atoms with E-state index in [4.69, 9.17) is 28.3 Å². The number of carboxylic acid groups (broad SMARTS) is 1. The van der Waals surface area contributed by atoms with Gasteiger partial charge >= 0.3 is 5.97 Å². The van der Waals surface area contributed by atoms with E-state index >= 15 is 0 Å². The minimum atomic E-state index is -0.930. The summed E-state index contributed by atoms with van der Waals surface area (Å²) in [6.07, 6.45) is 1.40. The highest BCUT2D eigenvalue weighted by atomic mass is 35.5. The number of para-hydroxylation sites is 1. The Morgan fingerprint density at radius 1 is 1.26 bits per heavy atom. The number of rotatable bonds is 4. The molecule has 0 radical (unpaired) electrons. The smallest absolute Gasteiger partial charge is 0.309 e. The van der Waals surface area contributed by atoms with Crippen LogP contribution >= 0.6 is 23.2 Å². The SMILES string of the molecule is O=C(O)Cc1cc(Nc2c(Cl)cccc2Cl)ccn1. The van der Waals surface area contributed by atoms with E-state index in [0.717, 1.165) is 0 Å². The Bertz CT molecular complexity index is 597. The zero-order valence-corrected chi connectivity index (χ0v) is 11.2. The lowest BCUT2D eigenvalue weighted by atomic mass is 10.2. The molecule has 0 saturated heterocycles. The highest BCUT2D eigenvalue weighted by Crippen LogP contribution is 2.32. The minimum Gasteiger partial charge on any atom is -0.481 e. The first-order valence-corrected chi connectivity index (χ1v) is 6.19. The average Bonchev–Trinajstić information content (AvgIpc) is 2.34. The van der Waals surface area contributed by atoms with Gasteiger partial charge in [0.1, 0.15) is 0 Å². The van der Waals surface area contributed by atoms with Crippen LogP contribution in [-0.2, 0) is 11.2 Å². The minimum absolute atomic E-state index is 0.133. The van der Waals surface area contributed by atoms with Crippen LogP contribution in [-0.4, -0.2) is 16.1 Å². The van der Waals surface area contributed by atoms with Crippen LogP contribution in [0, 0.1) is 0 Å². The Morgan fingerprint density at radius 2 is 1.95 bits per heavy atom. The van der Waals surface area contributed by atoms with Gasteiger partial charge in [0.25, 0.3) is 0 Å². The van der Waals surface area contributed by atoms with Crippen molar-refractivity contribution in [1.29, 1.82) is 0 Å². The number of aromatic nitrogens is 1. The van der Waals surface area contributed by atoms with Crippen LogP contribution in [0.2, 0.25) is 10.0 Å². The third-order valence-corrected chi connectivity index (χ3v) is 3.01. The van der Waals surface area contributed by atoms with E-state index in [0.29, 0.717) is 27.1 Å². The lowest BCUT2D eigenvalue weighted by Crippen LogP contribution is -2.03. The third-order valence-electron chi connectivity index (χ3n) is 2.38. The van der Waals surface area contributed by atoms with Gasteiger partial charge in [-0.05, 0) is 24.3 Å². The molecular formula is C13H10Cl2N2O2. The molecule has 4 nitrogen and oxygen atoms in total. The lowest BCUT2D eigenvalue weighted by Gasteiger charge is -2.10. The van der Waals surface area contributed by atoms with Crippen molar-refractivity contribution in [2.24, 2.45) is 0 Å². The second kappa shape index (κ2) is 5.91. The highest BCUT2D eigenvalue weighted by molar-refractivity contribution is 6.39. The number of nitrogens with zero attached hydrogens (tertiary/aromatic N) is 1. The van der Waals surface area contributed by atoms with Gasteiger partial charge in [-0.15, -0.1) is 0 Å². The number of carbonyl (C=O) groups is 1. The van der Waals surface area contributed by atoms with Gasteiger partial charge in [0.2, 0.25) is 0 Å². The number of anilines is 2. The van der Waals surface area contributed by atoms with Crippen molar-refractivity contribution in [3.8, 4) is 0 Å². The number of hydrogen-bond acceptors (Lipinski definition) is 3. The summed E-state index contributed by atoms with van der Waals surface area (Å²) in [5.74, 6) is -0.930. The summed E-state index contributed by atoms with van der Waals surface area (Å²) < 4.78 is 0. The van der Waals surface area contributed by atoms with E-state index in [1.54, 1.807) is 30.3 Å². The van der Waals surface area contributed by atoms with Gasteiger partial charge in [0.15, 0.2) is 0 Å². The van der Waals surface area contributed by atoms with Crippen LogP contribution in [0.4, 0.5) is 11.4 Å². The molecule has 1 aromatic carbocycles. The standard InChI is InChI=1S/C13H10Cl2N2O2/c14-10-2-1-3-11(15)13(10)17-8-4-5-16-9(6-8)7-12(18)19/h1-6H,7H2,(H,16,17)(H,18,19). The first kappa shape index (κ1) is 13.6. The van der Waals surface area contributed by atoms with Crippen LogP contribution in [0.25, 0.3) is 0 Å². The molecule has 0 aliphatic heterocycles. The van der Waals surface area contributed by atoms with Crippen molar-refractivity contribution in [2.75, 3.05) is 5.32 Å². The summed E-state index contributed by atoms with van der Waals surface area (Å²) in [5.41, 5.74) is 1.72. The number of aliphatic carboxylic acids is 1. The highest BCUT2D eigenvalue weighted by Gasteiger charge is 2.07. The van der Waals surface area contributed by atoms with Gasteiger partial charge in [0.05, 0.1) is 27.8 Å². The zero-order valence-electron chi connectivity index (χ0n) is 9.73. The van der Waals surface area contributed by atoms with Crippen LogP contribution in [0.3, 0.4) is 0 Å². The Kier molecular flexibility index (Phi) is 4.24. The number of carboxylic acids is 1. The van der Waals surface area contributed by atoms with Crippen molar-refractivity contribution >= 4 is 40.5 Å². The van der Waals surface area contributed by atoms with Crippen molar-refractivity contribution in [3.05, 3.63) is 52.3 Å². The van der Waals surface area contributed by atoms with Crippen molar-refractivity contribution in [1.82, 2.24) is 4.98 Å². The maximum absolute atomic E-state index is 10.6. The van der Waals surface area contributed by atoms with E-state index in [-0.39, 0.29) is 6.42 Å². The van der Waals surface area contributed by atoms with Crippen molar-refractivity contribution in [3.63, 3.8) is 0 Å². The zero-order chi connectivity index (χ0) is 13.8. The molecule has 0 aliphatic carbocycles. The third kappa shape index (κ3) is 3.59. The summed E-state index contributed by atoms with van der Waals surface area (Å²) in [7, 11) is 0. The number of halogens is 2. The largest absolute Gasteiger partial charge is 0.481 e. The van der Waals surface area contributed by atoms with E-state index in [1.807, 2.05) is 0 Å². The normalized spacial score (nSPS) is 10.2. The van der Waals surface area contributed by atoms with Gasteiger partial charge in [-0.25, -0.2) is 0 Å². The van der Waals surface area contributed by atoms with Crippen LogP contribution in [0.5, 0.6) is 0 Å². The van der Waals surface area contributed by atoms with Gasteiger partial charge in [-0.2, -0.15) is 0 Å². The topological polar surface area (TPSA) is 62.2 Å².